The molecule has 0 aromatic carbocycles. The van der Waals surface area contributed by atoms with Crippen LogP contribution in [0.4, 0.5) is 0 Å². The summed E-state index contributed by atoms with van der Waals surface area (Å²) in [5.41, 5.74) is 0. The standard InChI is InChI=1S/C14H32NO2.H2O/c1-3-5-6-7-8-9-10-11-12-13-14-15(16,17)4-2;/h16-17H,3-14H2,1-2H3;1H2/q+1;. The first-order valence-electron chi connectivity index (χ1n) is 7.45. The largest absolute Gasteiger partial charge is 0.412 e. The smallest absolute Gasteiger partial charge is 0.142 e. The van der Waals surface area contributed by atoms with E-state index < -0.39 is 4.81 Å². The lowest BCUT2D eigenvalue weighted by atomic mass is 10.1. The van der Waals surface area contributed by atoms with Crippen LogP contribution in [0.15, 0.2) is 0 Å². The maximum atomic E-state index is 9.34. The van der Waals surface area contributed by atoms with Crippen LogP contribution < -0.4 is 0 Å². The topological polar surface area (TPSA) is 72.0 Å². The predicted molar refractivity (Wildman–Crippen MR) is 74.7 cm³/mol. The molecule has 0 heterocycles. The van der Waals surface area contributed by atoms with E-state index in [4.69, 9.17) is 0 Å². The van der Waals surface area contributed by atoms with Gasteiger partial charge >= 0.3 is 0 Å². The fourth-order valence-corrected chi connectivity index (χ4v) is 2.01. The van der Waals surface area contributed by atoms with Crippen molar-refractivity contribution in [1.29, 1.82) is 0 Å². The highest BCUT2D eigenvalue weighted by Gasteiger charge is 2.17. The molecule has 0 saturated carbocycles. The van der Waals surface area contributed by atoms with E-state index in [-0.39, 0.29) is 5.48 Å². The van der Waals surface area contributed by atoms with E-state index in [1.807, 2.05) is 0 Å². The average molecular weight is 264 g/mol. The summed E-state index contributed by atoms with van der Waals surface area (Å²) in [6, 6.07) is 0. The second kappa shape index (κ2) is 13.3. The van der Waals surface area contributed by atoms with Gasteiger partial charge in [-0.1, -0.05) is 58.3 Å². The number of unbranched alkanes of at least 4 members (excludes halogenated alkanes) is 9. The van der Waals surface area contributed by atoms with Crippen LogP contribution in [-0.2, 0) is 0 Å². The maximum absolute atomic E-state index is 9.34. The van der Waals surface area contributed by atoms with Gasteiger partial charge in [-0.05, 0) is 18.2 Å². The van der Waals surface area contributed by atoms with Gasteiger partial charge in [0.15, 0.2) is 0 Å². The molecule has 0 amide bonds. The molecule has 0 aromatic heterocycles. The molecule has 18 heavy (non-hydrogen) atoms. The molecule has 0 rings (SSSR count). The van der Waals surface area contributed by atoms with Crippen LogP contribution in [0.3, 0.4) is 0 Å². The SMILES string of the molecule is CCCCCCCCCCCC[N+](O)(O)CC.O. The van der Waals surface area contributed by atoms with Gasteiger partial charge in [0, 0.05) is 6.42 Å². The van der Waals surface area contributed by atoms with E-state index in [0.717, 1.165) is 12.8 Å². The molecule has 4 heteroatoms. The van der Waals surface area contributed by atoms with E-state index >= 15 is 0 Å². The summed E-state index contributed by atoms with van der Waals surface area (Å²) in [4.78, 5) is -0.809. The van der Waals surface area contributed by atoms with Crippen molar-refractivity contribution in [2.75, 3.05) is 13.1 Å². The molecule has 0 radical (unpaired) electrons. The molecule has 0 aliphatic heterocycles. The fraction of sp³-hybridized carbons (Fsp3) is 1.00. The Morgan fingerprint density at radius 3 is 1.44 bits per heavy atom. The van der Waals surface area contributed by atoms with Gasteiger partial charge in [-0.3, -0.25) is 0 Å². The minimum atomic E-state index is -0.809. The van der Waals surface area contributed by atoms with Crippen molar-refractivity contribution in [2.45, 2.75) is 78.1 Å². The van der Waals surface area contributed by atoms with Crippen molar-refractivity contribution in [3.63, 3.8) is 0 Å². The summed E-state index contributed by atoms with van der Waals surface area (Å²) < 4.78 is 0. The molecular weight excluding hydrogens is 230 g/mol. The lowest BCUT2D eigenvalue weighted by Crippen LogP contribution is -2.41. The van der Waals surface area contributed by atoms with E-state index in [2.05, 4.69) is 6.92 Å². The fourth-order valence-electron chi connectivity index (χ4n) is 2.01. The molecule has 0 saturated heterocycles. The lowest BCUT2D eigenvalue weighted by molar-refractivity contribution is -1.24. The molecular formula is C14H34NO3+. The number of hydrogen-bond donors (Lipinski definition) is 2. The van der Waals surface area contributed by atoms with Crippen LogP contribution in [-0.4, -0.2) is 33.8 Å². The minimum Gasteiger partial charge on any atom is -0.412 e. The predicted octanol–water partition coefficient (Wildman–Crippen LogP) is 3.70. The third kappa shape index (κ3) is 13.9. The van der Waals surface area contributed by atoms with Crippen LogP contribution in [0.2, 0.25) is 0 Å². The Kier molecular flexibility index (Phi) is 14.9. The molecule has 4 N–H and O–H groups in total. The van der Waals surface area contributed by atoms with Crippen LogP contribution in [0.1, 0.15) is 78.1 Å². The number of nitrogens with zero attached hydrogens (tertiary/aromatic N) is 1. The van der Waals surface area contributed by atoms with E-state index in [9.17, 15) is 10.4 Å². The zero-order valence-electron chi connectivity index (χ0n) is 12.3. The highest BCUT2D eigenvalue weighted by molar-refractivity contribution is 4.46. The van der Waals surface area contributed by atoms with Gasteiger partial charge in [0.25, 0.3) is 0 Å². The number of hydroxylamine groups is 4. The van der Waals surface area contributed by atoms with Crippen molar-refractivity contribution in [1.82, 2.24) is 0 Å². The molecule has 0 bridgehead atoms. The Labute approximate surface area is 112 Å². The van der Waals surface area contributed by atoms with Gasteiger partial charge in [-0.15, -0.1) is 0 Å². The van der Waals surface area contributed by atoms with Crippen molar-refractivity contribution < 1.29 is 20.7 Å². The molecule has 0 aromatic rings. The Morgan fingerprint density at radius 1 is 0.667 bits per heavy atom. The van der Waals surface area contributed by atoms with E-state index in [0.29, 0.717) is 13.1 Å². The highest BCUT2D eigenvalue weighted by atomic mass is 16.8. The molecule has 0 aliphatic carbocycles. The zero-order valence-corrected chi connectivity index (χ0v) is 12.3. The molecule has 0 fully saturated rings. The summed E-state index contributed by atoms with van der Waals surface area (Å²) in [6.07, 6.45) is 12.8. The Hall–Kier alpha value is -0.160. The first-order valence-corrected chi connectivity index (χ1v) is 7.45. The van der Waals surface area contributed by atoms with Gasteiger partial charge in [0.2, 0.25) is 0 Å². The molecule has 4 nitrogen and oxygen atoms in total. The van der Waals surface area contributed by atoms with Gasteiger partial charge in [0.05, 0.1) is 0 Å². The molecule has 0 atom stereocenters. The van der Waals surface area contributed by atoms with Gasteiger partial charge in [-0.2, -0.15) is 10.4 Å². The summed E-state index contributed by atoms with van der Waals surface area (Å²) in [5, 5.41) is 18.7. The number of rotatable bonds is 12. The van der Waals surface area contributed by atoms with E-state index in [1.165, 1.54) is 51.4 Å². The average Bonchev–Trinajstić information content (AvgIpc) is 2.31. The Bertz CT molecular complexity index is 163. The minimum absolute atomic E-state index is 0. The molecule has 0 spiro atoms. The third-order valence-corrected chi connectivity index (χ3v) is 3.38. The van der Waals surface area contributed by atoms with Crippen molar-refractivity contribution in [3.8, 4) is 0 Å². The van der Waals surface area contributed by atoms with Crippen molar-refractivity contribution >= 4 is 0 Å². The van der Waals surface area contributed by atoms with Crippen molar-refractivity contribution in [2.24, 2.45) is 0 Å². The summed E-state index contributed by atoms with van der Waals surface area (Å²) in [6.45, 7) is 4.87. The van der Waals surface area contributed by atoms with Gasteiger partial charge in [-0.25, -0.2) is 0 Å². The van der Waals surface area contributed by atoms with Crippen LogP contribution in [0.5, 0.6) is 0 Å². The monoisotopic (exact) mass is 264 g/mol. The normalized spacial score (nSPS) is 11.3. The first-order chi connectivity index (χ1) is 8.12. The van der Waals surface area contributed by atoms with Crippen LogP contribution >= 0.6 is 0 Å². The summed E-state index contributed by atoms with van der Waals surface area (Å²) in [5.74, 6) is 0. The third-order valence-electron chi connectivity index (χ3n) is 3.38. The first kappa shape index (κ1) is 20.2. The Balaban J connectivity index is 0. The molecule has 0 unspecified atom stereocenters. The lowest BCUT2D eigenvalue weighted by Gasteiger charge is -2.18. The quantitative estimate of drug-likeness (QED) is 0.320. The summed E-state index contributed by atoms with van der Waals surface area (Å²) >= 11 is 0. The van der Waals surface area contributed by atoms with Gasteiger partial charge < -0.3 is 5.48 Å². The van der Waals surface area contributed by atoms with E-state index in [1.54, 1.807) is 6.92 Å². The van der Waals surface area contributed by atoms with Gasteiger partial charge in [0.1, 0.15) is 13.1 Å². The Morgan fingerprint density at radius 2 is 1.06 bits per heavy atom. The second-order valence-corrected chi connectivity index (χ2v) is 5.10. The van der Waals surface area contributed by atoms with Crippen LogP contribution in [0, 0.1) is 0 Å². The number of hydrogen-bond acceptors (Lipinski definition) is 2. The van der Waals surface area contributed by atoms with Crippen LogP contribution in [0.25, 0.3) is 0 Å². The number of quaternary nitrogens is 1. The molecule has 112 valence electrons. The molecule has 0 aliphatic rings. The second-order valence-electron chi connectivity index (χ2n) is 5.10. The maximum Gasteiger partial charge on any atom is 0.142 e. The van der Waals surface area contributed by atoms with Crippen molar-refractivity contribution in [3.05, 3.63) is 0 Å². The highest BCUT2D eigenvalue weighted by Crippen LogP contribution is 2.11. The summed E-state index contributed by atoms with van der Waals surface area (Å²) in [7, 11) is 0. The zero-order chi connectivity index (χ0) is 13.0.